The maximum atomic E-state index is 11.5. The molecule has 2 bridgehead atoms. The summed E-state index contributed by atoms with van der Waals surface area (Å²) in [6.07, 6.45) is 5.36. The Morgan fingerprint density at radius 3 is 2.90 bits per heavy atom. The lowest BCUT2D eigenvalue weighted by atomic mass is 9.81. The number of nitrogens with zero attached hydrogens (tertiary/aromatic N) is 1. The average molecular weight is 272 g/mol. The third-order valence-corrected chi connectivity index (χ3v) is 5.46. The molecule has 1 aromatic heterocycles. The Balaban J connectivity index is 1.69. The highest BCUT2D eigenvalue weighted by molar-refractivity contribution is 5.73. The first-order valence-corrected chi connectivity index (χ1v) is 7.48. The van der Waals surface area contributed by atoms with Gasteiger partial charge in [-0.3, -0.25) is 4.57 Å². The first-order chi connectivity index (χ1) is 9.63. The monoisotopic (exact) mass is 272 g/mol. The third kappa shape index (κ3) is 1.67. The smallest absolute Gasteiger partial charge is 0.408 e. The van der Waals surface area contributed by atoms with Crippen LogP contribution < -0.4 is 11.5 Å². The second-order valence-corrected chi connectivity index (χ2v) is 6.52. The normalized spacial score (nSPS) is 30.2. The maximum absolute atomic E-state index is 11.5. The summed E-state index contributed by atoms with van der Waals surface area (Å²) in [6.45, 7) is 0. The van der Waals surface area contributed by atoms with Crippen LogP contribution in [0.4, 0.5) is 0 Å². The fourth-order valence-electron chi connectivity index (χ4n) is 4.34. The minimum Gasteiger partial charge on any atom is -0.408 e. The van der Waals surface area contributed by atoms with Crippen molar-refractivity contribution in [1.82, 2.24) is 4.57 Å². The maximum Gasteiger partial charge on any atom is 0.419 e. The molecule has 0 amide bonds. The Labute approximate surface area is 117 Å². The van der Waals surface area contributed by atoms with Crippen LogP contribution in [0.1, 0.15) is 37.3 Å². The quantitative estimate of drug-likeness (QED) is 0.914. The van der Waals surface area contributed by atoms with Gasteiger partial charge in [0.2, 0.25) is 0 Å². The SMILES string of the molecule is Cn1c(=O)oc2cc(C(N)C3CC4CCC3C4)ccc21. The Bertz CT molecular complexity index is 715. The van der Waals surface area contributed by atoms with Gasteiger partial charge in [-0.25, -0.2) is 4.79 Å². The Morgan fingerprint density at radius 2 is 2.20 bits per heavy atom. The van der Waals surface area contributed by atoms with Crippen molar-refractivity contribution in [3.8, 4) is 0 Å². The lowest BCUT2D eigenvalue weighted by molar-refractivity contribution is 0.284. The van der Waals surface area contributed by atoms with Gasteiger partial charge in [-0.1, -0.05) is 12.5 Å². The Hall–Kier alpha value is -1.55. The molecule has 2 saturated carbocycles. The van der Waals surface area contributed by atoms with Gasteiger partial charge in [0, 0.05) is 13.1 Å². The molecule has 0 radical (unpaired) electrons. The Morgan fingerprint density at radius 1 is 1.35 bits per heavy atom. The van der Waals surface area contributed by atoms with Crippen LogP contribution in [-0.4, -0.2) is 4.57 Å². The van der Waals surface area contributed by atoms with E-state index in [1.54, 1.807) is 7.05 Å². The molecule has 106 valence electrons. The molecule has 4 unspecified atom stereocenters. The number of aromatic nitrogens is 1. The van der Waals surface area contributed by atoms with Crippen molar-refractivity contribution in [2.75, 3.05) is 0 Å². The molecule has 2 aliphatic carbocycles. The van der Waals surface area contributed by atoms with Gasteiger partial charge in [-0.15, -0.1) is 0 Å². The van der Waals surface area contributed by atoms with Crippen LogP contribution in [0.2, 0.25) is 0 Å². The van der Waals surface area contributed by atoms with Crippen LogP contribution in [0.15, 0.2) is 27.4 Å². The number of benzene rings is 1. The molecule has 1 aromatic carbocycles. The highest BCUT2D eigenvalue weighted by atomic mass is 16.4. The zero-order valence-electron chi connectivity index (χ0n) is 11.7. The summed E-state index contributed by atoms with van der Waals surface area (Å²) < 4.78 is 6.80. The van der Waals surface area contributed by atoms with Crippen molar-refractivity contribution in [3.63, 3.8) is 0 Å². The fraction of sp³-hybridized carbons (Fsp3) is 0.562. The number of hydrogen-bond acceptors (Lipinski definition) is 3. The van der Waals surface area contributed by atoms with Crippen LogP contribution in [0.5, 0.6) is 0 Å². The minimum absolute atomic E-state index is 0.0696. The zero-order chi connectivity index (χ0) is 13.9. The number of nitrogens with two attached hydrogens (primary N) is 1. The van der Waals surface area contributed by atoms with Gasteiger partial charge in [-0.05, 0) is 54.7 Å². The van der Waals surface area contributed by atoms with E-state index >= 15 is 0 Å². The molecule has 1 heterocycles. The highest BCUT2D eigenvalue weighted by Crippen LogP contribution is 2.52. The lowest BCUT2D eigenvalue weighted by Gasteiger charge is -2.28. The van der Waals surface area contributed by atoms with Gasteiger partial charge in [-0.2, -0.15) is 0 Å². The number of rotatable bonds is 2. The van der Waals surface area contributed by atoms with E-state index in [-0.39, 0.29) is 11.8 Å². The molecule has 4 nitrogen and oxygen atoms in total. The molecule has 4 atom stereocenters. The summed E-state index contributed by atoms with van der Waals surface area (Å²) in [5.74, 6) is 1.98. The summed E-state index contributed by atoms with van der Waals surface area (Å²) in [7, 11) is 1.73. The van der Waals surface area contributed by atoms with E-state index in [4.69, 9.17) is 10.2 Å². The molecule has 2 fully saturated rings. The largest absolute Gasteiger partial charge is 0.419 e. The molecule has 0 spiro atoms. The van der Waals surface area contributed by atoms with Crippen molar-refractivity contribution in [1.29, 1.82) is 0 Å². The van der Waals surface area contributed by atoms with E-state index in [0.717, 1.165) is 22.9 Å². The van der Waals surface area contributed by atoms with E-state index in [0.29, 0.717) is 11.5 Å². The van der Waals surface area contributed by atoms with Crippen LogP contribution in [0.25, 0.3) is 11.1 Å². The van der Waals surface area contributed by atoms with Crippen molar-refractivity contribution < 1.29 is 4.42 Å². The van der Waals surface area contributed by atoms with Crippen LogP contribution in [-0.2, 0) is 7.05 Å². The van der Waals surface area contributed by atoms with E-state index < -0.39 is 0 Å². The van der Waals surface area contributed by atoms with Crippen LogP contribution in [0, 0.1) is 17.8 Å². The van der Waals surface area contributed by atoms with E-state index in [1.807, 2.05) is 18.2 Å². The van der Waals surface area contributed by atoms with Gasteiger partial charge in [0.25, 0.3) is 0 Å². The van der Waals surface area contributed by atoms with Crippen molar-refractivity contribution in [3.05, 3.63) is 34.3 Å². The zero-order valence-corrected chi connectivity index (χ0v) is 11.7. The average Bonchev–Trinajstić information content (AvgIpc) is 3.14. The number of aryl methyl sites for hydroxylation is 1. The summed E-state index contributed by atoms with van der Waals surface area (Å²) in [5.41, 5.74) is 9.08. The van der Waals surface area contributed by atoms with Gasteiger partial charge < -0.3 is 10.2 Å². The van der Waals surface area contributed by atoms with Gasteiger partial charge in [0.15, 0.2) is 5.58 Å². The van der Waals surface area contributed by atoms with Gasteiger partial charge in [0.1, 0.15) is 0 Å². The molecule has 2 aromatic rings. The summed E-state index contributed by atoms with van der Waals surface area (Å²) in [5, 5.41) is 0. The number of fused-ring (bicyclic) bond motifs is 3. The predicted octanol–water partition coefficient (Wildman–Crippen LogP) is 2.57. The standard InChI is InChI=1S/C16H20N2O2/c1-18-13-5-4-11(8-14(13)20-16(18)19)15(17)12-7-9-2-3-10(12)6-9/h4-5,8-10,12,15H,2-3,6-7,17H2,1H3. The summed E-state index contributed by atoms with van der Waals surface area (Å²) >= 11 is 0. The predicted molar refractivity (Wildman–Crippen MR) is 77.3 cm³/mol. The molecule has 20 heavy (non-hydrogen) atoms. The van der Waals surface area contributed by atoms with Crippen molar-refractivity contribution in [2.24, 2.45) is 30.5 Å². The lowest BCUT2D eigenvalue weighted by Crippen LogP contribution is -2.25. The Kier molecular flexibility index (Phi) is 2.58. The second-order valence-electron chi connectivity index (χ2n) is 6.52. The molecule has 0 aliphatic heterocycles. The first kappa shape index (κ1) is 12.2. The van der Waals surface area contributed by atoms with Crippen LogP contribution in [0.3, 0.4) is 0 Å². The van der Waals surface area contributed by atoms with E-state index in [1.165, 1.54) is 30.3 Å². The van der Waals surface area contributed by atoms with E-state index in [9.17, 15) is 4.79 Å². The van der Waals surface area contributed by atoms with Gasteiger partial charge >= 0.3 is 5.76 Å². The van der Waals surface area contributed by atoms with E-state index in [2.05, 4.69) is 0 Å². The number of oxazole rings is 1. The summed E-state index contributed by atoms with van der Waals surface area (Å²) in [6, 6.07) is 6.02. The van der Waals surface area contributed by atoms with Crippen molar-refractivity contribution >= 4 is 11.1 Å². The van der Waals surface area contributed by atoms with Crippen molar-refractivity contribution in [2.45, 2.75) is 31.7 Å². The third-order valence-electron chi connectivity index (χ3n) is 5.46. The topological polar surface area (TPSA) is 61.2 Å². The minimum atomic E-state index is -0.314. The molecule has 2 N–H and O–H groups in total. The highest BCUT2D eigenvalue weighted by Gasteiger charge is 2.42. The molecule has 4 rings (SSSR count). The van der Waals surface area contributed by atoms with Crippen LogP contribution >= 0.6 is 0 Å². The molecule has 4 heteroatoms. The van der Waals surface area contributed by atoms with Gasteiger partial charge in [0.05, 0.1) is 5.52 Å². The molecular weight excluding hydrogens is 252 g/mol. The second kappa shape index (κ2) is 4.22. The summed E-state index contributed by atoms with van der Waals surface area (Å²) in [4.78, 5) is 11.5. The fourth-order valence-corrected chi connectivity index (χ4v) is 4.34. The molecule has 0 saturated heterocycles. The molecule has 2 aliphatic rings. The first-order valence-electron chi connectivity index (χ1n) is 7.48. The number of hydrogen-bond donors (Lipinski definition) is 1. The molecular formula is C16H20N2O2.